The van der Waals surface area contributed by atoms with E-state index in [1.165, 1.54) is 3.45 Å². The van der Waals surface area contributed by atoms with Crippen LogP contribution in [0.5, 0.6) is 0 Å². The number of hydrogen-bond acceptors (Lipinski definition) is 5. The molecule has 0 N–H and O–H groups in total. The number of rotatable bonds is 2. The van der Waals surface area contributed by atoms with Crippen LogP contribution < -0.4 is 0 Å². The van der Waals surface area contributed by atoms with Gasteiger partial charge >= 0.3 is 110 Å². The van der Waals surface area contributed by atoms with E-state index in [9.17, 15) is 4.79 Å². The second-order valence-electron chi connectivity index (χ2n) is 3.51. The fourth-order valence-electron chi connectivity index (χ4n) is 1.32. The van der Waals surface area contributed by atoms with Gasteiger partial charge in [0, 0.05) is 0 Å². The maximum absolute atomic E-state index is 11.7. The van der Waals surface area contributed by atoms with E-state index in [1.807, 2.05) is 6.07 Å². The monoisotopic (exact) mass is 343 g/mol. The molecule has 2 rings (SSSR count). The molecule has 0 aliphatic carbocycles. The molecular formula is C11H13NO4Sn. The summed E-state index contributed by atoms with van der Waals surface area (Å²) in [6, 6.07) is 8.85. The van der Waals surface area contributed by atoms with Crippen molar-refractivity contribution in [2.45, 2.75) is 17.3 Å². The van der Waals surface area contributed by atoms with Gasteiger partial charge in [0.1, 0.15) is 0 Å². The van der Waals surface area contributed by atoms with Crippen molar-refractivity contribution in [1.82, 2.24) is 3.45 Å². The van der Waals surface area contributed by atoms with E-state index in [-0.39, 0.29) is 0 Å². The number of carbonyl (C=O) groups is 1. The minimum atomic E-state index is -1.02. The van der Waals surface area contributed by atoms with Crippen molar-refractivity contribution in [3.63, 3.8) is 0 Å². The molecule has 1 aliphatic heterocycles. The fourth-order valence-corrected chi connectivity index (χ4v) is 3.73. The summed E-state index contributed by atoms with van der Waals surface area (Å²) < 4.78 is 2.34. The quantitative estimate of drug-likeness (QED) is 0.606. The van der Waals surface area contributed by atoms with Crippen molar-refractivity contribution < 1.29 is 19.5 Å². The summed E-state index contributed by atoms with van der Waals surface area (Å²) >= 11 is -1.02. The van der Waals surface area contributed by atoms with Crippen LogP contribution in [0.4, 0.5) is 0 Å². The molecule has 0 aromatic heterocycles. The summed E-state index contributed by atoms with van der Waals surface area (Å²) in [6.45, 7) is 0.540. The van der Waals surface area contributed by atoms with Crippen LogP contribution in [0.3, 0.4) is 0 Å². The summed E-state index contributed by atoms with van der Waals surface area (Å²) in [4.78, 5) is 26.7. The average Bonchev–Trinajstić information content (AvgIpc) is 2.33. The molecule has 6 heteroatoms. The Morgan fingerprint density at radius 2 is 2.12 bits per heavy atom. The Labute approximate surface area is 110 Å². The summed E-state index contributed by atoms with van der Waals surface area (Å²) in [5.74, 6) is -0.407. The normalized spacial score (nSPS) is 18.1. The SMILES string of the molecule is O=C(O[N]1OOCCC[CH2][Sn]1)c1ccccc1. The molecule has 0 atom stereocenters. The van der Waals surface area contributed by atoms with Crippen molar-refractivity contribution >= 4 is 27.4 Å². The fraction of sp³-hybridized carbons (Fsp3) is 0.364. The van der Waals surface area contributed by atoms with Crippen molar-refractivity contribution in [1.29, 1.82) is 0 Å². The molecule has 17 heavy (non-hydrogen) atoms. The molecule has 1 aromatic rings. The van der Waals surface area contributed by atoms with Gasteiger partial charge in [0.2, 0.25) is 0 Å². The van der Waals surface area contributed by atoms with Gasteiger partial charge in [-0.2, -0.15) is 0 Å². The Bertz CT molecular complexity index is 352. The Morgan fingerprint density at radius 1 is 1.29 bits per heavy atom. The first kappa shape index (κ1) is 12.8. The Hall–Kier alpha value is -0.631. The standard InChI is InChI=1S/C11H13NO4.Sn/c1-2-3-9-14-16-12-15-11(13)10-7-5-4-6-8-10;/h4-8H,1-3,9H2;/q-1;+1. The molecule has 0 amide bonds. The van der Waals surface area contributed by atoms with Crippen LogP contribution in [0.2, 0.25) is 4.44 Å². The zero-order valence-corrected chi connectivity index (χ0v) is 12.1. The van der Waals surface area contributed by atoms with Crippen molar-refractivity contribution in [2.75, 3.05) is 6.61 Å². The molecule has 1 fully saturated rings. The first-order valence-corrected chi connectivity index (χ1v) is 8.76. The van der Waals surface area contributed by atoms with E-state index in [1.54, 1.807) is 24.3 Å². The van der Waals surface area contributed by atoms with Crippen LogP contribution in [0.1, 0.15) is 23.2 Å². The molecule has 5 nitrogen and oxygen atoms in total. The van der Waals surface area contributed by atoms with E-state index < -0.39 is 27.4 Å². The van der Waals surface area contributed by atoms with Crippen molar-refractivity contribution in [3.05, 3.63) is 35.9 Å². The minimum absolute atomic E-state index is 0.407. The van der Waals surface area contributed by atoms with Crippen LogP contribution in [-0.2, 0) is 14.7 Å². The second kappa shape index (κ2) is 6.95. The summed E-state index contributed by atoms with van der Waals surface area (Å²) in [7, 11) is 0. The third-order valence-corrected chi connectivity index (χ3v) is 5.05. The van der Waals surface area contributed by atoms with Gasteiger partial charge in [0.25, 0.3) is 0 Å². The van der Waals surface area contributed by atoms with Gasteiger partial charge in [-0.25, -0.2) is 0 Å². The van der Waals surface area contributed by atoms with Gasteiger partial charge in [-0.05, 0) is 0 Å². The van der Waals surface area contributed by atoms with Crippen molar-refractivity contribution in [3.8, 4) is 0 Å². The van der Waals surface area contributed by atoms with Gasteiger partial charge in [-0.15, -0.1) is 0 Å². The van der Waals surface area contributed by atoms with E-state index in [0.29, 0.717) is 12.2 Å². The van der Waals surface area contributed by atoms with Gasteiger partial charge in [-0.1, -0.05) is 0 Å². The van der Waals surface area contributed by atoms with Gasteiger partial charge < -0.3 is 0 Å². The molecule has 0 bridgehead atoms. The zero-order chi connectivity index (χ0) is 11.9. The third kappa shape index (κ3) is 4.27. The molecule has 0 saturated carbocycles. The average molecular weight is 342 g/mol. The second-order valence-corrected chi connectivity index (χ2v) is 6.89. The zero-order valence-electron chi connectivity index (χ0n) is 9.30. The molecular weight excluding hydrogens is 329 g/mol. The summed E-state index contributed by atoms with van der Waals surface area (Å²) in [5.41, 5.74) is 0.512. The van der Waals surface area contributed by atoms with E-state index >= 15 is 0 Å². The van der Waals surface area contributed by atoms with Gasteiger partial charge in [-0.3, -0.25) is 0 Å². The third-order valence-electron chi connectivity index (χ3n) is 2.19. The molecule has 1 heterocycles. The van der Waals surface area contributed by atoms with E-state index in [0.717, 1.165) is 17.3 Å². The van der Waals surface area contributed by atoms with Crippen LogP contribution in [0, 0.1) is 0 Å². The molecule has 1 aromatic carbocycles. The number of hydrogen-bond donors (Lipinski definition) is 0. The predicted molar refractivity (Wildman–Crippen MR) is 60.5 cm³/mol. The van der Waals surface area contributed by atoms with Crippen LogP contribution in [0.25, 0.3) is 0 Å². The summed E-state index contributed by atoms with van der Waals surface area (Å²) in [6.07, 6.45) is 2.11. The predicted octanol–water partition coefficient (Wildman–Crippen LogP) is 1.75. The molecule has 2 radical (unpaired) electrons. The Balaban J connectivity index is 1.88. The molecule has 90 valence electrons. The topological polar surface area (TPSA) is 48.0 Å². The van der Waals surface area contributed by atoms with Crippen molar-refractivity contribution in [2.24, 2.45) is 0 Å². The van der Waals surface area contributed by atoms with E-state index in [4.69, 9.17) is 14.7 Å². The van der Waals surface area contributed by atoms with E-state index in [2.05, 4.69) is 0 Å². The number of carbonyl (C=O) groups excluding carboxylic acids is 1. The van der Waals surface area contributed by atoms with Crippen LogP contribution in [-0.4, -0.2) is 37.4 Å². The Kier molecular flexibility index (Phi) is 5.24. The van der Waals surface area contributed by atoms with Crippen LogP contribution in [0.15, 0.2) is 30.3 Å². The first-order chi connectivity index (χ1) is 8.36. The number of nitrogens with zero attached hydrogens (tertiary/aromatic N) is 1. The maximum atomic E-state index is 11.7. The molecule has 1 aliphatic rings. The molecule has 0 spiro atoms. The molecule has 1 saturated heterocycles. The van der Waals surface area contributed by atoms with Gasteiger partial charge in [0.15, 0.2) is 0 Å². The number of benzene rings is 1. The Morgan fingerprint density at radius 3 is 2.94 bits per heavy atom. The molecule has 0 unspecified atom stereocenters. The van der Waals surface area contributed by atoms with Crippen LogP contribution >= 0.6 is 0 Å². The summed E-state index contributed by atoms with van der Waals surface area (Å²) in [5, 5.41) is 0. The first-order valence-electron chi connectivity index (χ1n) is 5.47. The van der Waals surface area contributed by atoms with Gasteiger partial charge in [0.05, 0.1) is 0 Å².